The monoisotopic (exact) mass is 843 g/mol. The van der Waals surface area contributed by atoms with Crippen molar-refractivity contribution in [3.63, 3.8) is 0 Å². The van der Waals surface area contributed by atoms with Crippen LogP contribution in [0.2, 0.25) is 0 Å². The van der Waals surface area contributed by atoms with Crippen LogP contribution in [0.15, 0.2) is 243 Å². The molecule has 2 aliphatic carbocycles. The van der Waals surface area contributed by atoms with Crippen molar-refractivity contribution in [2.75, 3.05) is 4.90 Å². The first-order valence-electron chi connectivity index (χ1n) is 23.2. The zero-order chi connectivity index (χ0) is 44.4. The van der Waals surface area contributed by atoms with Crippen LogP contribution in [-0.4, -0.2) is 0 Å². The van der Waals surface area contributed by atoms with Crippen LogP contribution < -0.4 is 4.90 Å². The van der Waals surface area contributed by atoms with E-state index in [0.29, 0.717) is 0 Å². The van der Waals surface area contributed by atoms with Gasteiger partial charge in [-0.3, -0.25) is 0 Å². The first kappa shape index (κ1) is 39.6. The zero-order valence-corrected chi connectivity index (χ0v) is 37.5. The predicted octanol–water partition coefficient (Wildman–Crippen LogP) is 17.5. The molecule has 0 saturated heterocycles. The fraction of sp³-hybridized carbons (Fsp3) is 0.0769. The van der Waals surface area contributed by atoms with Crippen LogP contribution in [0.5, 0.6) is 0 Å². The van der Waals surface area contributed by atoms with Gasteiger partial charge in [0.1, 0.15) is 0 Å². The summed E-state index contributed by atoms with van der Waals surface area (Å²) in [5.74, 6) is 0. The molecule has 0 aliphatic heterocycles. The lowest BCUT2D eigenvalue weighted by Crippen LogP contribution is -2.23. The Balaban J connectivity index is 1.05. The van der Waals surface area contributed by atoms with Crippen molar-refractivity contribution in [3.05, 3.63) is 270 Å². The van der Waals surface area contributed by atoms with Gasteiger partial charge in [0.05, 0.1) is 0 Å². The molecule has 0 saturated carbocycles. The quantitative estimate of drug-likeness (QED) is 0.147. The Labute approximate surface area is 389 Å². The van der Waals surface area contributed by atoms with Gasteiger partial charge in [-0.1, -0.05) is 214 Å². The van der Waals surface area contributed by atoms with Gasteiger partial charge in [0.25, 0.3) is 0 Å². The highest BCUT2D eigenvalue weighted by molar-refractivity contribution is 5.92. The van der Waals surface area contributed by atoms with Crippen molar-refractivity contribution in [1.82, 2.24) is 0 Å². The average molecular weight is 844 g/mol. The summed E-state index contributed by atoms with van der Waals surface area (Å²) in [6.07, 6.45) is 0. The largest absolute Gasteiger partial charge is 0.310 e. The Hall–Kier alpha value is -8.00. The molecular weight excluding hydrogens is 795 g/mol. The van der Waals surface area contributed by atoms with Crippen LogP contribution in [0.3, 0.4) is 0 Å². The van der Waals surface area contributed by atoms with E-state index in [1.54, 1.807) is 0 Å². The summed E-state index contributed by atoms with van der Waals surface area (Å²) in [5.41, 5.74) is 24.3. The normalized spacial score (nSPS) is 15.1. The van der Waals surface area contributed by atoms with Crippen molar-refractivity contribution in [2.45, 2.75) is 31.6 Å². The molecule has 0 radical (unpaired) electrons. The second kappa shape index (κ2) is 15.6. The topological polar surface area (TPSA) is 3.24 Å². The Morgan fingerprint density at radius 1 is 0.258 bits per heavy atom. The van der Waals surface area contributed by atoms with E-state index in [1.807, 2.05) is 0 Å². The Bertz CT molecular complexity index is 3440. The van der Waals surface area contributed by atoms with E-state index >= 15 is 0 Å². The van der Waals surface area contributed by atoms with E-state index in [-0.39, 0.29) is 10.8 Å². The van der Waals surface area contributed by atoms with Gasteiger partial charge >= 0.3 is 0 Å². The lowest BCUT2D eigenvalue weighted by molar-refractivity contribution is 0.660. The Kier molecular flexibility index (Phi) is 9.36. The number of nitrogens with zero attached hydrogens (tertiary/aromatic N) is 1. The van der Waals surface area contributed by atoms with Gasteiger partial charge in [-0.05, 0) is 144 Å². The number of hydrogen-bond acceptors (Lipinski definition) is 1. The van der Waals surface area contributed by atoms with Gasteiger partial charge in [0, 0.05) is 27.9 Å². The minimum absolute atomic E-state index is 0.151. The third-order valence-electron chi connectivity index (χ3n) is 14.6. The molecule has 0 bridgehead atoms. The molecule has 10 aromatic carbocycles. The molecule has 0 amide bonds. The summed E-state index contributed by atoms with van der Waals surface area (Å²) in [5, 5.41) is 0. The molecule has 10 aromatic rings. The fourth-order valence-electron chi connectivity index (χ4n) is 11.1. The molecule has 0 heterocycles. The third-order valence-corrected chi connectivity index (χ3v) is 14.6. The average Bonchev–Trinajstić information content (AvgIpc) is 3.78. The molecule has 0 spiro atoms. The van der Waals surface area contributed by atoms with Gasteiger partial charge in [0.15, 0.2) is 0 Å². The highest BCUT2D eigenvalue weighted by Gasteiger charge is 2.41. The smallest absolute Gasteiger partial charge is 0.0467 e. The fourth-order valence-corrected chi connectivity index (χ4v) is 11.1. The molecule has 0 fully saturated rings. The second-order valence-electron chi connectivity index (χ2n) is 18.6. The van der Waals surface area contributed by atoms with Crippen molar-refractivity contribution in [1.29, 1.82) is 0 Å². The van der Waals surface area contributed by atoms with Crippen molar-refractivity contribution in [2.24, 2.45) is 0 Å². The highest BCUT2D eigenvalue weighted by Crippen LogP contribution is 2.55. The Morgan fingerprint density at radius 3 is 1.38 bits per heavy atom. The maximum Gasteiger partial charge on any atom is 0.0467 e. The van der Waals surface area contributed by atoms with Crippen LogP contribution in [0.4, 0.5) is 17.1 Å². The predicted molar refractivity (Wildman–Crippen MR) is 278 cm³/mol. The molecule has 1 unspecified atom stereocenters. The summed E-state index contributed by atoms with van der Waals surface area (Å²) >= 11 is 0. The van der Waals surface area contributed by atoms with Gasteiger partial charge in [0.2, 0.25) is 0 Å². The molecule has 12 rings (SSSR count). The molecule has 1 nitrogen and oxygen atoms in total. The molecule has 314 valence electrons. The number of fused-ring (bicyclic) bond motifs is 6. The first-order chi connectivity index (χ1) is 32.4. The van der Waals surface area contributed by atoms with Gasteiger partial charge < -0.3 is 4.90 Å². The van der Waals surface area contributed by atoms with Gasteiger partial charge in [-0.2, -0.15) is 0 Å². The molecule has 0 N–H and O–H groups in total. The van der Waals surface area contributed by atoms with Crippen molar-refractivity contribution >= 4 is 17.1 Å². The van der Waals surface area contributed by atoms with Crippen molar-refractivity contribution < 1.29 is 0 Å². The number of hydrogen-bond donors (Lipinski definition) is 0. The summed E-state index contributed by atoms with van der Waals surface area (Å²) < 4.78 is 0. The van der Waals surface area contributed by atoms with E-state index < -0.39 is 0 Å². The third kappa shape index (κ3) is 6.38. The summed E-state index contributed by atoms with van der Waals surface area (Å²) in [4.78, 5) is 2.49. The van der Waals surface area contributed by atoms with Crippen molar-refractivity contribution in [3.8, 4) is 66.8 Å². The number of rotatable bonds is 8. The molecule has 0 aromatic heterocycles. The van der Waals surface area contributed by atoms with E-state index in [0.717, 1.165) is 17.1 Å². The lowest BCUT2D eigenvalue weighted by atomic mass is 9.74. The summed E-state index contributed by atoms with van der Waals surface area (Å²) in [6.45, 7) is 7.17. The zero-order valence-electron chi connectivity index (χ0n) is 37.5. The van der Waals surface area contributed by atoms with Crippen LogP contribution >= 0.6 is 0 Å². The molecule has 1 heteroatoms. The van der Waals surface area contributed by atoms with Gasteiger partial charge in [-0.15, -0.1) is 0 Å². The summed E-state index contributed by atoms with van der Waals surface area (Å²) in [6, 6.07) is 89.8. The second-order valence-corrected chi connectivity index (χ2v) is 18.6. The number of benzene rings is 10. The highest BCUT2D eigenvalue weighted by atomic mass is 15.1. The Morgan fingerprint density at radius 2 is 0.712 bits per heavy atom. The molecule has 2 aliphatic rings. The summed E-state index contributed by atoms with van der Waals surface area (Å²) in [7, 11) is 0. The standard InChI is InChI=1S/C65H49N/c1-64(2)60-28-15-13-26-55(60)57-38-35-52(42-62(57)64)66(51-25-17-24-49(40-51)59-41-48(45-20-9-5-10-21-45)32-37-54(59)47-22-11-6-12-23-47)53-36-39-58-56-27-14-16-29-61(56)65(3,63(58)43-53)50-33-30-46(31-34-50)44-18-7-4-8-19-44/h4-43H,1-3H3. The first-order valence-corrected chi connectivity index (χ1v) is 23.2. The minimum atomic E-state index is -0.380. The van der Waals surface area contributed by atoms with Crippen LogP contribution in [0.1, 0.15) is 48.6 Å². The van der Waals surface area contributed by atoms with Gasteiger partial charge in [-0.25, -0.2) is 0 Å². The number of anilines is 3. The van der Waals surface area contributed by atoms with Crippen LogP contribution in [0, 0.1) is 0 Å². The van der Waals surface area contributed by atoms with E-state index in [4.69, 9.17) is 0 Å². The maximum atomic E-state index is 2.49. The lowest BCUT2D eigenvalue weighted by Gasteiger charge is -2.32. The molecule has 66 heavy (non-hydrogen) atoms. The van der Waals surface area contributed by atoms with E-state index in [1.165, 1.54) is 94.6 Å². The SMILES string of the molecule is CC1(C)c2ccccc2-c2ccc(N(c3cccc(-c4cc(-c5ccccc5)ccc4-c4ccccc4)c3)c3ccc4c(c3)C(C)(c3ccc(-c5ccccc5)cc3)c3ccccc3-4)cc21. The maximum absolute atomic E-state index is 2.49. The van der Waals surface area contributed by atoms with Crippen LogP contribution in [-0.2, 0) is 10.8 Å². The minimum Gasteiger partial charge on any atom is -0.310 e. The molecular formula is C65H49N. The van der Waals surface area contributed by atoms with Crippen LogP contribution in [0.25, 0.3) is 66.8 Å². The van der Waals surface area contributed by atoms with E-state index in [2.05, 4.69) is 268 Å². The van der Waals surface area contributed by atoms with E-state index in [9.17, 15) is 0 Å². The molecule has 1 atom stereocenters.